The minimum absolute atomic E-state index is 0.172. The predicted octanol–water partition coefficient (Wildman–Crippen LogP) is 1.07. The molecule has 0 aliphatic carbocycles. The molecule has 2 aliphatic rings. The molecule has 1 aromatic carbocycles. The number of hydrogen-bond acceptors (Lipinski definition) is 5. The van der Waals surface area contributed by atoms with Crippen LogP contribution in [0.2, 0.25) is 0 Å². The molecule has 21 heavy (non-hydrogen) atoms. The summed E-state index contributed by atoms with van der Waals surface area (Å²) in [6.45, 7) is 7.90. The second-order valence-corrected chi connectivity index (χ2v) is 5.68. The number of piperazine rings is 1. The number of nitrogens with zero attached hydrogens (tertiary/aromatic N) is 2. The van der Waals surface area contributed by atoms with Crippen molar-refractivity contribution in [2.75, 3.05) is 55.7 Å². The van der Waals surface area contributed by atoms with Crippen molar-refractivity contribution in [2.24, 2.45) is 0 Å². The number of hydrogen-bond donors (Lipinski definition) is 2. The largest absolute Gasteiger partial charge is 0.486 e. The van der Waals surface area contributed by atoms with E-state index in [2.05, 4.69) is 34.2 Å². The van der Waals surface area contributed by atoms with Crippen LogP contribution in [-0.4, -0.2) is 57.1 Å². The fourth-order valence-corrected chi connectivity index (χ4v) is 3.17. The SMILES string of the molecule is CCC1CN(CCO)c2c(cccc2N2CCNCC2)O1. The van der Waals surface area contributed by atoms with Crippen LogP contribution in [0.3, 0.4) is 0 Å². The van der Waals surface area contributed by atoms with Gasteiger partial charge in [0.2, 0.25) is 0 Å². The maximum absolute atomic E-state index is 9.40. The lowest BCUT2D eigenvalue weighted by Crippen LogP contribution is -2.46. The Balaban J connectivity index is 1.95. The Morgan fingerprint density at radius 1 is 1.33 bits per heavy atom. The Hall–Kier alpha value is -1.46. The standard InChI is InChI=1S/C16H25N3O2/c1-2-13-12-19(10-11-20)16-14(4-3-5-15(16)21-13)18-8-6-17-7-9-18/h3-5,13,17,20H,2,6-12H2,1H3. The molecule has 2 N–H and O–H groups in total. The Morgan fingerprint density at radius 3 is 2.86 bits per heavy atom. The van der Waals surface area contributed by atoms with Crippen LogP contribution >= 0.6 is 0 Å². The monoisotopic (exact) mass is 291 g/mol. The van der Waals surface area contributed by atoms with E-state index in [1.165, 1.54) is 5.69 Å². The summed E-state index contributed by atoms with van der Waals surface area (Å²) in [5, 5.41) is 12.8. The second-order valence-electron chi connectivity index (χ2n) is 5.68. The van der Waals surface area contributed by atoms with Crippen LogP contribution in [-0.2, 0) is 0 Å². The normalized spacial score (nSPS) is 21.9. The van der Waals surface area contributed by atoms with Gasteiger partial charge in [-0.25, -0.2) is 0 Å². The van der Waals surface area contributed by atoms with Gasteiger partial charge in [-0.1, -0.05) is 13.0 Å². The summed E-state index contributed by atoms with van der Waals surface area (Å²) in [6.07, 6.45) is 1.20. The minimum Gasteiger partial charge on any atom is -0.486 e. The lowest BCUT2D eigenvalue weighted by molar-refractivity contribution is 0.185. The minimum atomic E-state index is 0.172. The number of aliphatic hydroxyl groups excluding tert-OH is 1. The van der Waals surface area contributed by atoms with Gasteiger partial charge in [0, 0.05) is 32.7 Å². The van der Waals surface area contributed by atoms with Crippen molar-refractivity contribution in [2.45, 2.75) is 19.4 Å². The first-order valence-corrected chi connectivity index (χ1v) is 7.94. The van der Waals surface area contributed by atoms with Gasteiger partial charge < -0.3 is 25.0 Å². The average molecular weight is 291 g/mol. The van der Waals surface area contributed by atoms with Crippen LogP contribution in [0.25, 0.3) is 0 Å². The first-order chi connectivity index (χ1) is 10.3. The zero-order valence-electron chi connectivity index (χ0n) is 12.7. The highest BCUT2D eigenvalue weighted by Gasteiger charge is 2.28. The number of anilines is 2. The molecule has 0 radical (unpaired) electrons. The third-order valence-electron chi connectivity index (χ3n) is 4.29. The molecule has 5 heteroatoms. The summed E-state index contributed by atoms with van der Waals surface area (Å²) in [6, 6.07) is 6.29. The molecule has 1 atom stereocenters. The predicted molar refractivity (Wildman–Crippen MR) is 85.5 cm³/mol. The van der Waals surface area contributed by atoms with E-state index >= 15 is 0 Å². The van der Waals surface area contributed by atoms with Crippen molar-refractivity contribution in [1.82, 2.24) is 5.32 Å². The zero-order chi connectivity index (χ0) is 14.7. The summed E-state index contributed by atoms with van der Waals surface area (Å²) >= 11 is 0. The maximum Gasteiger partial charge on any atom is 0.145 e. The zero-order valence-corrected chi connectivity index (χ0v) is 12.7. The number of para-hydroxylation sites is 1. The summed E-state index contributed by atoms with van der Waals surface area (Å²) in [7, 11) is 0. The van der Waals surface area contributed by atoms with Crippen molar-refractivity contribution in [3.05, 3.63) is 18.2 Å². The van der Waals surface area contributed by atoms with Gasteiger partial charge in [-0.3, -0.25) is 0 Å². The number of fused-ring (bicyclic) bond motifs is 1. The molecule has 0 amide bonds. The van der Waals surface area contributed by atoms with E-state index in [9.17, 15) is 5.11 Å². The quantitative estimate of drug-likeness (QED) is 0.869. The van der Waals surface area contributed by atoms with E-state index in [-0.39, 0.29) is 12.7 Å². The van der Waals surface area contributed by atoms with Gasteiger partial charge in [0.15, 0.2) is 0 Å². The van der Waals surface area contributed by atoms with E-state index in [0.29, 0.717) is 6.54 Å². The summed E-state index contributed by atoms with van der Waals surface area (Å²) in [5.41, 5.74) is 2.38. The molecule has 1 aromatic rings. The molecule has 0 aromatic heterocycles. The van der Waals surface area contributed by atoms with Gasteiger partial charge in [0.25, 0.3) is 0 Å². The van der Waals surface area contributed by atoms with E-state index in [1.807, 2.05) is 6.07 Å². The number of nitrogens with one attached hydrogen (secondary N) is 1. The molecule has 0 bridgehead atoms. The molecular formula is C16H25N3O2. The Morgan fingerprint density at radius 2 is 2.14 bits per heavy atom. The van der Waals surface area contributed by atoms with Gasteiger partial charge in [0.1, 0.15) is 17.5 Å². The number of benzene rings is 1. The third-order valence-corrected chi connectivity index (χ3v) is 4.29. The Kier molecular flexibility index (Phi) is 4.51. The van der Waals surface area contributed by atoms with Gasteiger partial charge in [0.05, 0.1) is 18.8 Å². The third kappa shape index (κ3) is 2.94. The van der Waals surface area contributed by atoms with Crippen LogP contribution in [0.5, 0.6) is 5.75 Å². The summed E-state index contributed by atoms with van der Waals surface area (Å²) < 4.78 is 6.12. The van der Waals surface area contributed by atoms with Crippen molar-refractivity contribution in [3.8, 4) is 5.75 Å². The van der Waals surface area contributed by atoms with E-state index in [0.717, 1.165) is 50.6 Å². The van der Waals surface area contributed by atoms with Gasteiger partial charge in [-0.05, 0) is 18.6 Å². The van der Waals surface area contributed by atoms with E-state index in [1.54, 1.807) is 0 Å². The smallest absolute Gasteiger partial charge is 0.145 e. The lowest BCUT2D eigenvalue weighted by Gasteiger charge is -2.40. The van der Waals surface area contributed by atoms with Gasteiger partial charge in [-0.2, -0.15) is 0 Å². The van der Waals surface area contributed by atoms with E-state index < -0.39 is 0 Å². The molecule has 2 aliphatic heterocycles. The lowest BCUT2D eigenvalue weighted by atomic mass is 10.1. The first kappa shape index (κ1) is 14.5. The molecule has 0 spiro atoms. The number of ether oxygens (including phenoxy) is 1. The van der Waals surface area contributed by atoms with Crippen LogP contribution in [0.4, 0.5) is 11.4 Å². The number of rotatable bonds is 4. The summed E-state index contributed by atoms with van der Waals surface area (Å²) in [5.74, 6) is 0.956. The molecule has 5 nitrogen and oxygen atoms in total. The summed E-state index contributed by atoms with van der Waals surface area (Å²) in [4.78, 5) is 4.69. The Bertz CT molecular complexity index is 475. The molecule has 1 unspecified atom stereocenters. The van der Waals surface area contributed by atoms with Crippen molar-refractivity contribution in [3.63, 3.8) is 0 Å². The number of β-amino-alcohol motifs (C(OH)–C–C–N with tert-alkyl or cyclic N) is 1. The van der Waals surface area contributed by atoms with Crippen LogP contribution in [0.1, 0.15) is 13.3 Å². The highest BCUT2D eigenvalue weighted by atomic mass is 16.5. The fraction of sp³-hybridized carbons (Fsp3) is 0.625. The van der Waals surface area contributed by atoms with Crippen LogP contribution in [0, 0.1) is 0 Å². The molecule has 0 saturated carbocycles. The fourth-order valence-electron chi connectivity index (χ4n) is 3.17. The van der Waals surface area contributed by atoms with Crippen LogP contribution < -0.4 is 19.9 Å². The highest BCUT2D eigenvalue weighted by Crippen LogP contribution is 2.41. The van der Waals surface area contributed by atoms with Crippen molar-refractivity contribution >= 4 is 11.4 Å². The second kappa shape index (κ2) is 6.54. The maximum atomic E-state index is 9.40. The molecule has 116 valence electrons. The Labute approximate surface area is 126 Å². The van der Waals surface area contributed by atoms with Crippen LogP contribution in [0.15, 0.2) is 18.2 Å². The molecule has 3 rings (SSSR count). The molecular weight excluding hydrogens is 266 g/mol. The molecule has 1 fully saturated rings. The molecule has 1 saturated heterocycles. The van der Waals surface area contributed by atoms with Crippen molar-refractivity contribution < 1.29 is 9.84 Å². The van der Waals surface area contributed by atoms with E-state index in [4.69, 9.17) is 4.74 Å². The van der Waals surface area contributed by atoms with Gasteiger partial charge >= 0.3 is 0 Å². The number of aliphatic hydroxyl groups is 1. The topological polar surface area (TPSA) is 48.0 Å². The van der Waals surface area contributed by atoms with Gasteiger partial charge in [-0.15, -0.1) is 0 Å². The first-order valence-electron chi connectivity index (χ1n) is 7.94. The average Bonchev–Trinajstić information content (AvgIpc) is 2.55. The van der Waals surface area contributed by atoms with Crippen molar-refractivity contribution in [1.29, 1.82) is 0 Å². The molecule has 2 heterocycles. The highest BCUT2D eigenvalue weighted by molar-refractivity contribution is 5.78.